The summed E-state index contributed by atoms with van der Waals surface area (Å²) in [4.78, 5) is 0. The van der Waals surface area contributed by atoms with Crippen molar-refractivity contribution in [2.75, 3.05) is 0 Å². The van der Waals surface area contributed by atoms with E-state index in [9.17, 15) is 30.7 Å². The largest absolute Gasteiger partial charge is 0.458 e. The molecule has 0 N–H and O–H groups in total. The van der Waals surface area contributed by atoms with Gasteiger partial charge in [-0.25, -0.2) is 0 Å². The molecule has 18 heavy (non-hydrogen) atoms. The number of hydrogen-bond acceptors (Lipinski definition) is 1. The Morgan fingerprint density at radius 2 is 1.44 bits per heavy atom. The molecule has 0 bridgehead atoms. The molecule has 1 fully saturated rings. The molecule has 0 aliphatic heterocycles. The lowest BCUT2D eigenvalue weighted by molar-refractivity contribution is -0.438. The highest BCUT2D eigenvalue weighted by Crippen LogP contribution is 2.49. The summed E-state index contributed by atoms with van der Waals surface area (Å²) in [5.41, 5.74) is 0. The maximum atomic E-state index is 13.2. The van der Waals surface area contributed by atoms with Crippen molar-refractivity contribution in [1.29, 1.82) is 0 Å². The van der Waals surface area contributed by atoms with E-state index in [-0.39, 0.29) is 18.8 Å². The molecule has 0 aromatic rings. The van der Waals surface area contributed by atoms with Gasteiger partial charge in [0.2, 0.25) is 0 Å². The highest BCUT2D eigenvalue weighted by Gasteiger charge is 2.75. The van der Waals surface area contributed by atoms with Crippen molar-refractivity contribution in [3.05, 3.63) is 0 Å². The zero-order chi connectivity index (χ0) is 14.2. The van der Waals surface area contributed by atoms with Gasteiger partial charge in [-0.1, -0.05) is 13.3 Å². The second kappa shape index (κ2) is 4.86. The van der Waals surface area contributed by atoms with Crippen molar-refractivity contribution in [3.63, 3.8) is 0 Å². The van der Waals surface area contributed by atoms with Crippen molar-refractivity contribution in [1.82, 2.24) is 0 Å². The summed E-state index contributed by atoms with van der Waals surface area (Å²) in [5, 5.41) is 0. The Labute approximate surface area is 99.3 Å². The molecule has 1 saturated carbocycles. The van der Waals surface area contributed by atoms with Gasteiger partial charge < -0.3 is 4.74 Å². The monoisotopic (exact) mass is 282 g/mol. The van der Waals surface area contributed by atoms with Crippen LogP contribution >= 0.6 is 0 Å². The van der Waals surface area contributed by atoms with Gasteiger partial charge in [0.25, 0.3) is 0 Å². The molecule has 1 nitrogen and oxygen atoms in total. The van der Waals surface area contributed by atoms with E-state index in [0.29, 0.717) is 12.8 Å². The highest BCUT2D eigenvalue weighted by molar-refractivity contribution is 4.88. The summed E-state index contributed by atoms with van der Waals surface area (Å²) >= 11 is 0. The molecule has 2 atom stereocenters. The quantitative estimate of drug-likeness (QED) is 0.698. The molecule has 0 amide bonds. The Balaban J connectivity index is 2.82. The Morgan fingerprint density at radius 1 is 0.944 bits per heavy atom. The lowest BCUT2D eigenvalue weighted by Crippen LogP contribution is -2.56. The van der Waals surface area contributed by atoms with Gasteiger partial charge in [-0.3, -0.25) is 0 Å². The maximum absolute atomic E-state index is 13.2. The van der Waals surface area contributed by atoms with Crippen LogP contribution in [0.1, 0.15) is 32.6 Å². The summed E-state index contributed by atoms with van der Waals surface area (Å²) in [7, 11) is 0. The molecular formula is C10H13F7O. The van der Waals surface area contributed by atoms with Gasteiger partial charge in [-0.15, -0.1) is 0 Å². The normalized spacial score (nSPS) is 26.7. The van der Waals surface area contributed by atoms with E-state index in [1.807, 2.05) is 0 Å². The van der Waals surface area contributed by atoms with Crippen molar-refractivity contribution >= 4 is 0 Å². The third-order valence-electron chi connectivity index (χ3n) is 3.13. The van der Waals surface area contributed by atoms with E-state index in [0.717, 1.165) is 0 Å². The van der Waals surface area contributed by atoms with E-state index in [2.05, 4.69) is 4.74 Å². The Morgan fingerprint density at radius 3 is 1.78 bits per heavy atom. The molecule has 108 valence electrons. The average Bonchev–Trinajstić information content (AvgIpc) is 2.62. The molecule has 0 spiro atoms. The SMILES string of the molecule is CCC1CCC(OC(F)(C(F)(F)F)C(F)(F)F)C1. The minimum atomic E-state index is -6.13. The van der Waals surface area contributed by atoms with Crippen LogP contribution in [0.3, 0.4) is 0 Å². The van der Waals surface area contributed by atoms with Crippen molar-refractivity contribution in [2.45, 2.75) is 56.9 Å². The number of ether oxygens (including phenoxy) is 1. The van der Waals surface area contributed by atoms with Crippen LogP contribution in [0.5, 0.6) is 0 Å². The third kappa shape index (κ3) is 2.89. The van der Waals surface area contributed by atoms with E-state index < -0.39 is 24.3 Å². The van der Waals surface area contributed by atoms with E-state index in [1.54, 1.807) is 6.92 Å². The molecular weight excluding hydrogens is 269 g/mol. The third-order valence-corrected chi connectivity index (χ3v) is 3.13. The Hall–Kier alpha value is -0.530. The number of hydrogen-bond donors (Lipinski definition) is 0. The number of alkyl halides is 7. The molecule has 0 aromatic heterocycles. The fraction of sp³-hybridized carbons (Fsp3) is 1.00. The molecule has 2 unspecified atom stereocenters. The van der Waals surface area contributed by atoms with Crippen LogP contribution in [0, 0.1) is 5.92 Å². The van der Waals surface area contributed by atoms with Crippen molar-refractivity contribution in [2.24, 2.45) is 5.92 Å². The fourth-order valence-electron chi connectivity index (χ4n) is 2.03. The summed E-state index contributed by atoms with van der Waals surface area (Å²) in [6.45, 7) is 1.77. The standard InChI is InChI=1S/C10H13F7O/c1-2-6-3-4-7(5-6)18-8(11,9(12,13)14)10(15,16)17/h6-7H,2-5H2,1H3. The second-order valence-electron chi connectivity index (χ2n) is 4.42. The first-order valence-electron chi connectivity index (χ1n) is 5.51. The topological polar surface area (TPSA) is 9.23 Å². The summed E-state index contributed by atoms with van der Waals surface area (Å²) in [5.74, 6) is -5.59. The van der Waals surface area contributed by atoms with Crippen LogP contribution < -0.4 is 0 Å². The molecule has 0 radical (unpaired) electrons. The van der Waals surface area contributed by atoms with Gasteiger partial charge in [-0.2, -0.15) is 30.7 Å². The lowest BCUT2D eigenvalue weighted by atomic mass is 10.1. The van der Waals surface area contributed by atoms with Gasteiger partial charge >= 0.3 is 18.2 Å². The van der Waals surface area contributed by atoms with Crippen LogP contribution in [0.25, 0.3) is 0 Å². The van der Waals surface area contributed by atoms with Gasteiger partial charge in [0.1, 0.15) is 0 Å². The molecule has 8 heteroatoms. The van der Waals surface area contributed by atoms with Gasteiger partial charge in [-0.05, 0) is 25.2 Å². The minimum absolute atomic E-state index is 0.0103. The first-order valence-corrected chi connectivity index (χ1v) is 5.51. The average molecular weight is 282 g/mol. The van der Waals surface area contributed by atoms with Crippen LogP contribution in [-0.4, -0.2) is 24.3 Å². The van der Waals surface area contributed by atoms with Gasteiger partial charge in [0.05, 0.1) is 6.10 Å². The van der Waals surface area contributed by atoms with Crippen LogP contribution in [0.2, 0.25) is 0 Å². The highest BCUT2D eigenvalue weighted by atomic mass is 19.4. The minimum Gasteiger partial charge on any atom is -0.329 e. The summed E-state index contributed by atoms with van der Waals surface area (Å²) in [6, 6.07) is 0. The van der Waals surface area contributed by atoms with E-state index in [1.165, 1.54) is 0 Å². The number of halogens is 7. The first-order chi connectivity index (χ1) is 8.01. The lowest BCUT2D eigenvalue weighted by Gasteiger charge is -2.32. The molecule has 1 aliphatic rings. The Bertz CT molecular complexity index is 269. The molecule has 0 saturated heterocycles. The van der Waals surface area contributed by atoms with Crippen LogP contribution in [0.15, 0.2) is 0 Å². The predicted molar refractivity (Wildman–Crippen MR) is 48.5 cm³/mol. The first kappa shape index (κ1) is 15.5. The summed E-state index contributed by atoms with van der Waals surface area (Å²) < 4.78 is 90.2. The smallest absolute Gasteiger partial charge is 0.329 e. The van der Waals surface area contributed by atoms with Crippen molar-refractivity contribution in [3.8, 4) is 0 Å². The van der Waals surface area contributed by atoms with Crippen LogP contribution in [-0.2, 0) is 4.74 Å². The van der Waals surface area contributed by atoms with Gasteiger partial charge in [0, 0.05) is 0 Å². The predicted octanol–water partition coefficient (Wildman–Crippen LogP) is 4.37. The second-order valence-corrected chi connectivity index (χ2v) is 4.42. The maximum Gasteiger partial charge on any atom is 0.458 e. The summed E-state index contributed by atoms with van der Waals surface area (Å²) in [6.07, 6.45) is -12.5. The molecule has 0 heterocycles. The molecule has 1 rings (SSSR count). The Kier molecular flexibility index (Phi) is 4.19. The zero-order valence-electron chi connectivity index (χ0n) is 9.54. The van der Waals surface area contributed by atoms with Crippen LogP contribution in [0.4, 0.5) is 30.7 Å². The fourth-order valence-corrected chi connectivity index (χ4v) is 2.03. The number of rotatable bonds is 3. The van der Waals surface area contributed by atoms with E-state index in [4.69, 9.17) is 0 Å². The van der Waals surface area contributed by atoms with E-state index >= 15 is 0 Å². The molecule has 1 aliphatic carbocycles. The zero-order valence-corrected chi connectivity index (χ0v) is 9.54. The van der Waals surface area contributed by atoms with Crippen molar-refractivity contribution < 1.29 is 35.5 Å². The van der Waals surface area contributed by atoms with Gasteiger partial charge in [0.15, 0.2) is 0 Å². The molecule has 0 aromatic carbocycles.